The summed E-state index contributed by atoms with van der Waals surface area (Å²) in [5, 5.41) is 2.88. The molecule has 5 heteroatoms. The SMILES string of the molecule is CCCC1COCC(=O)C1NC(=O)[C@@H](N)CC1CCCC1. The molecule has 2 unspecified atom stereocenters. The highest BCUT2D eigenvalue weighted by Gasteiger charge is 2.34. The summed E-state index contributed by atoms with van der Waals surface area (Å²) in [6.45, 7) is 2.72. The zero-order valence-electron chi connectivity index (χ0n) is 13.0. The molecule has 1 heterocycles. The van der Waals surface area contributed by atoms with Crippen LogP contribution in [-0.2, 0) is 14.3 Å². The number of rotatable bonds is 6. The largest absolute Gasteiger partial charge is 0.373 e. The highest BCUT2D eigenvalue weighted by atomic mass is 16.5. The molecular weight excluding hydrogens is 268 g/mol. The van der Waals surface area contributed by atoms with Crippen molar-refractivity contribution in [2.45, 2.75) is 64.0 Å². The van der Waals surface area contributed by atoms with Crippen molar-refractivity contribution in [1.82, 2.24) is 5.32 Å². The Labute approximate surface area is 127 Å². The van der Waals surface area contributed by atoms with Crippen molar-refractivity contribution in [3.8, 4) is 0 Å². The molecule has 0 radical (unpaired) electrons. The Morgan fingerprint density at radius 3 is 2.81 bits per heavy atom. The number of amides is 1. The molecule has 1 amide bonds. The number of carbonyl (C=O) groups is 2. The highest BCUT2D eigenvalue weighted by molar-refractivity contribution is 5.92. The molecule has 21 heavy (non-hydrogen) atoms. The van der Waals surface area contributed by atoms with Crippen molar-refractivity contribution in [3.63, 3.8) is 0 Å². The number of carbonyl (C=O) groups excluding carboxylic acids is 2. The summed E-state index contributed by atoms with van der Waals surface area (Å²) in [6.07, 6.45) is 7.44. The lowest BCUT2D eigenvalue weighted by Gasteiger charge is -2.31. The number of ether oxygens (including phenoxy) is 1. The Bertz CT molecular complexity index is 365. The van der Waals surface area contributed by atoms with Crippen molar-refractivity contribution in [2.75, 3.05) is 13.2 Å². The van der Waals surface area contributed by atoms with Crippen LogP contribution in [0.2, 0.25) is 0 Å². The van der Waals surface area contributed by atoms with E-state index < -0.39 is 12.1 Å². The summed E-state index contributed by atoms with van der Waals surface area (Å²) in [5.74, 6) is 0.450. The van der Waals surface area contributed by atoms with Crippen LogP contribution in [0.1, 0.15) is 51.9 Å². The molecule has 1 aliphatic carbocycles. The first-order chi connectivity index (χ1) is 10.1. The predicted octanol–water partition coefficient (Wildman–Crippen LogP) is 1.39. The van der Waals surface area contributed by atoms with E-state index in [0.29, 0.717) is 12.5 Å². The Morgan fingerprint density at radius 2 is 2.14 bits per heavy atom. The van der Waals surface area contributed by atoms with Crippen LogP contribution >= 0.6 is 0 Å². The van der Waals surface area contributed by atoms with E-state index in [1.165, 1.54) is 25.7 Å². The first kappa shape index (κ1) is 16.4. The maximum atomic E-state index is 12.3. The summed E-state index contributed by atoms with van der Waals surface area (Å²) >= 11 is 0. The topological polar surface area (TPSA) is 81.4 Å². The van der Waals surface area contributed by atoms with Gasteiger partial charge in [0, 0.05) is 5.92 Å². The van der Waals surface area contributed by atoms with E-state index in [9.17, 15) is 9.59 Å². The fraction of sp³-hybridized carbons (Fsp3) is 0.875. The van der Waals surface area contributed by atoms with Gasteiger partial charge in [-0.15, -0.1) is 0 Å². The lowest BCUT2D eigenvalue weighted by molar-refractivity contribution is -0.138. The van der Waals surface area contributed by atoms with Gasteiger partial charge in [0.15, 0.2) is 5.78 Å². The van der Waals surface area contributed by atoms with Crippen molar-refractivity contribution < 1.29 is 14.3 Å². The smallest absolute Gasteiger partial charge is 0.237 e. The van der Waals surface area contributed by atoms with Crippen LogP contribution in [0.25, 0.3) is 0 Å². The first-order valence-corrected chi connectivity index (χ1v) is 8.28. The van der Waals surface area contributed by atoms with Crippen molar-refractivity contribution >= 4 is 11.7 Å². The average Bonchev–Trinajstić information content (AvgIpc) is 2.95. The Kier molecular flexibility index (Phi) is 6.18. The van der Waals surface area contributed by atoms with Gasteiger partial charge in [0.1, 0.15) is 6.61 Å². The van der Waals surface area contributed by atoms with Crippen molar-refractivity contribution in [2.24, 2.45) is 17.6 Å². The Balaban J connectivity index is 1.87. The van der Waals surface area contributed by atoms with E-state index in [-0.39, 0.29) is 24.2 Å². The maximum absolute atomic E-state index is 12.3. The van der Waals surface area contributed by atoms with Crippen LogP contribution in [-0.4, -0.2) is 37.0 Å². The third-order valence-corrected chi connectivity index (χ3v) is 4.75. The van der Waals surface area contributed by atoms with Gasteiger partial charge >= 0.3 is 0 Å². The van der Waals surface area contributed by atoms with Gasteiger partial charge in [-0.05, 0) is 18.8 Å². The number of hydrogen-bond acceptors (Lipinski definition) is 4. The third kappa shape index (κ3) is 4.51. The Morgan fingerprint density at radius 1 is 1.43 bits per heavy atom. The average molecular weight is 296 g/mol. The minimum Gasteiger partial charge on any atom is -0.373 e. The van der Waals surface area contributed by atoms with E-state index in [2.05, 4.69) is 12.2 Å². The molecule has 2 fully saturated rings. The van der Waals surface area contributed by atoms with Gasteiger partial charge in [0.2, 0.25) is 5.91 Å². The highest BCUT2D eigenvalue weighted by Crippen LogP contribution is 2.28. The van der Waals surface area contributed by atoms with Crippen LogP contribution in [0.3, 0.4) is 0 Å². The fourth-order valence-electron chi connectivity index (χ4n) is 3.55. The van der Waals surface area contributed by atoms with Gasteiger partial charge in [-0.2, -0.15) is 0 Å². The molecule has 3 N–H and O–H groups in total. The summed E-state index contributed by atoms with van der Waals surface area (Å²) in [5.41, 5.74) is 6.02. The van der Waals surface area contributed by atoms with Gasteiger partial charge in [-0.25, -0.2) is 0 Å². The molecule has 5 nitrogen and oxygen atoms in total. The van der Waals surface area contributed by atoms with E-state index in [1.807, 2.05) is 0 Å². The second kappa shape index (κ2) is 7.90. The Hall–Kier alpha value is -0.940. The maximum Gasteiger partial charge on any atom is 0.237 e. The van der Waals surface area contributed by atoms with Gasteiger partial charge in [0.05, 0.1) is 18.7 Å². The molecule has 2 rings (SSSR count). The van der Waals surface area contributed by atoms with Crippen LogP contribution < -0.4 is 11.1 Å². The molecule has 0 aromatic rings. The molecule has 0 aromatic heterocycles. The number of ketones is 1. The summed E-state index contributed by atoms with van der Waals surface area (Å²) in [4.78, 5) is 24.3. The van der Waals surface area contributed by atoms with E-state index >= 15 is 0 Å². The molecule has 3 atom stereocenters. The molecule has 2 aliphatic rings. The van der Waals surface area contributed by atoms with Crippen LogP contribution in [0.15, 0.2) is 0 Å². The number of hydrogen-bond donors (Lipinski definition) is 2. The second-order valence-electron chi connectivity index (χ2n) is 6.51. The molecule has 1 saturated heterocycles. The predicted molar refractivity (Wildman–Crippen MR) is 80.7 cm³/mol. The molecule has 1 saturated carbocycles. The minimum absolute atomic E-state index is 0.0267. The van der Waals surface area contributed by atoms with E-state index in [0.717, 1.165) is 19.3 Å². The van der Waals surface area contributed by atoms with Crippen molar-refractivity contribution in [1.29, 1.82) is 0 Å². The molecular formula is C16H28N2O3. The standard InChI is InChI=1S/C16H28N2O3/c1-2-5-12-9-21-10-14(19)15(12)18-16(20)13(17)8-11-6-3-4-7-11/h11-13,15H,2-10,17H2,1H3,(H,18,20)/t12?,13-,15?/m0/s1. The van der Waals surface area contributed by atoms with Gasteiger partial charge in [0.25, 0.3) is 0 Å². The zero-order valence-corrected chi connectivity index (χ0v) is 13.0. The summed E-state index contributed by atoms with van der Waals surface area (Å²) < 4.78 is 5.29. The zero-order chi connectivity index (χ0) is 15.2. The summed E-state index contributed by atoms with van der Waals surface area (Å²) in [6, 6.07) is -0.910. The lowest BCUT2D eigenvalue weighted by Crippen LogP contribution is -2.55. The molecule has 0 bridgehead atoms. The van der Waals surface area contributed by atoms with Gasteiger partial charge in [-0.1, -0.05) is 39.0 Å². The second-order valence-corrected chi connectivity index (χ2v) is 6.51. The van der Waals surface area contributed by atoms with Gasteiger partial charge in [-0.3, -0.25) is 9.59 Å². The number of nitrogens with one attached hydrogen (secondary N) is 1. The molecule has 120 valence electrons. The first-order valence-electron chi connectivity index (χ1n) is 8.28. The fourth-order valence-corrected chi connectivity index (χ4v) is 3.55. The van der Waals surface area contributed by atoms with Crippen LogP contribution in [0, 0.1) is 11.8 Å². The van der Waals surface area contributed by atoms with Crippen molar-refractivity contribution in [3.05, 3.63) is 0 Å². The minimum atomic E-state index is -0.494. The monoisotopic (exact) mass is 296 g/mol. The number of Topliss-reactive ketones (excluding diaryl/α,β-unsaturated/α-hetero) is 1. The van der Waals surface area contributed by atoms with Gasteiger partial charge < -0.3 is 15.8 Å². The lowest BCUT2D eigenvalue weighted by atomic mass is 9.90. The van der Waals surface area contributed by atoms with Crippen LogP contribution in [0.4, 0.5) is 0 Å². The van der Waals surface area contributed by atoms with E-state index in [1.54, 1.807) is 0 Å². The molecule has 1 aliphatic heterocycles. The normalized spacial score (nSPS) is 28.6. The van der Waals surface area contributed by atoms with Crippen LogP contribution in [0.5, 0.6) is 0 Å². The molecule has 0 aromatic carbocycles. The third-order valence-electron chi connectivity index (χ3n) is 4.75. The molecule has 0 spiro atoms. The summed E-state index contributed by atoms with van der Waals surface area (Å²) in [7, 11) is 0. The quantitative estimate of drug-likeness (QED) is 0.776. The van der Waals surface area contributed by atoms with E-state index in [4.69, 9.17) is 10.5 Å². The number of nitrogens with two attached hydrogens (primary N) is 1.